The summed E-state index contributed by atoms with van der Waals surface area (Å²) in [5.74, 6) is -0.408. The summed E-state index contributed by atoms with van der Waals surface area (Å²) in [6, 6.07) is 9.77. The molecule has 0 N–H and O–H groups in total. The summed E-state index contributed by atoms with van der Waals surface area (Å²) in [6.07, 6.45) is -1.06. The fourth-order valence-electron chi connectivity index (χ4n) is 3.16. The quantitative estimate of drug-likeness (QED) is 0.232. The van der Waals surface area contributed by atoms with Gasteiger partial charge in [0.1, 0.15) is 5.82 Å². The lowest BCUT2D eigenvalue weighted by Gasteiger charge is -2.10. The molecule has 0 radical (unpaired) electrons. The molecule has 0 aliphatic rings. The summed E-state index contributed by atoms with van der Waals surface area (Å²) in [7, 11) is 0. The van der Waals surface area contributed by atoms with Gasteiger partial charge in [-0.2, -0.15) is 0 Å². The van der Waals surface area contributed by atoms with E-state index >= 15 is 0 Å². The zero-order valence-electron chi connectivity index (χ0n) is 16.5. The number of rotatable bonds is 5. The number of fused-ring (bicyclic) bond motifs is 1. The first kappa shape index (κ1) is 22.5. The number of ether oxygens (including phenoxy) is 1. The van der Waals surface area contributed by atoms with Gasteiger partial charge >= 0.3 is 6.36 Å². The maximum atomic E-state index is 14.8. The second-order valence-corrected chi connectivity index (χ2v) is 7.01. The van der Waals surface area contributed by atoms with Crippen molar-refractivity contribution in [3.05, 3.63) is 76.6 Å². The van der Waals surface area contributed by atoms with Crippen LogP contribution < -0.4 is 4.74 Å². The normalized spacial score (nSPS) is 11.3. The molecule has 0 heterocycles. The van der Waals surface area contributed by atoms with Gasteiger partial charge in [0.15, 0.2) is 11.6 Å². The second kappa shape index (κ2) is 9.34. The highest BCUT2D eigenvalue weighted by Crippen LogP contribution is 2.29. The van der Waals surface area contributed by atoms with Crippen LogP contribution in [0.25, 0.3) is 10.8 Å². The molecule has 0 bridgehead atoms. The molecule has 0 atom stereocenters. The van der Waals surface area contributed by atoms with E-state index in [-0.39, 0.29) is 11.1 Å². The summed E-state index contributed by atoms with van der Waals surface area (Å²) < 4.78 is 82.4. The van der Waals surface area contributed by atoms with Crippen LogP contribution in [0.1, 0.15) is 42.9 Å². The molecule has 7 heteroatoms. The Labute approximate surface area is 175 Å². The molecule has 162 valence electrons. The van der Waals surface area contributed by atoms with Crippen molar-refractivity contribution in [3.63, 3.8) is 0 Å². The Morgan fingerprint density at radius 1 is 0.871 bits per heavy atom. The van der Waals surface area contributed by atoms with E-state index in [1.54, 1.807) is 12.1 Å². The topological polar surface area (TPSA) is 9.23 Å². The summed E-state index contributed by atoms with van der Waals surface area (Å²) in [6.45, 7) is 2.12. The Kier molecular flexibility index (Phi) is 6.79. The molecule has 1 nitrogen and oxygen atoms in total. The summed E-state index contributed by atoms with van der Waals surface area (Å²) in [5.41, 5.74) is 0.851. The van der Waals surface area contributed by atoms with E-state index in [1.807, 2.05) is 12.1 Å². The maximum Gasteiger partial charge on any atom is 0.573 e. The van der Waals surface area contributed by atoms with Crippen LogP contribution in [0, 0.1) is 29.3 Å². The maximum absolute atomic E-state index is 14.8. The average molecular weight is 436 g/mol. The van der Waals surface area contributed by atoms with Gasteiger partial charge in [-0.15, -0.1) is 13.2 Å². The van der Waals surface area contributed by atoms with E-state index in [1.165, 1.54) is 6.07 Å². The van der Waals surface area contributed by atoms with Crippen LogP contribution in [0.3, 0.4) is 0 Å². The van der Waals surface area contributed by atoms with E-state index in [0.717, 1.165) is 31.2 Å². The molecular formula is C24H18F6O. The smallest absolute Gasteiger partial charge is 0.399 e. The van der Waals surface area contributed by atoms with Crippen LogP contribution >= 0.6 is 0 Å². The fourth-order valence-corrected chi connectivity index (χ4v) is 3.16. The largest absolute Gasteiger partial charge is 0.573 e. The van der Waals surface area contributed by atoms with Gasteiger partial charge in [0.25, 0.3) is 0 Å². The van der Waals surface area contributed by atoms with Crippen LogP contribution in [0.5, 0.6) is 5.75 Å². The van der Waals surface area contributed by atoms with E-state index in [2.05, 4.69) is 23.5 Å². The Balaban J connectivity index is 1.87. The van der Waals surface area contributed by atoms with Gasteiger partial charge in [-0.1, -0.05) is 55.9 Å². The number of halogens is 6. The summed E-state index contributed by atoms with van der Waals surface area (Å²) >= 11 is 0. The van der Waals surface area contributed by atoms with Crippen molar-refractivity contribution in [3.8, 4) is 17.6 Å². The lowest BCUT2D eigenvalue weighted by molar-refractivity contribution is -0.276. The predicted molar refractivity (Wildman–Crippen MR) is 106 cm³/mol. The lowest BCUT2D eigenvalue weighted by atomic mass is 10.0. The minimum atomic E-state index is -5.24. The van der Waals surface area contributed by atoms with Gasteiger partial charge in [0.05, 0.1) is 5.56 Å². The Morgan fingerprint density at radius 2 is 1.58 bits per heavy atom. The van der Waals surface area contributed by atoms with E-state index in [4.69, 9.17) is 0 Å². The van der Waals surface area contributed by atoms with Gasteiger partial charge in [0.2, 0.25) is 5.75 Å². The first-order chi connectivity index (χ1) is 14.7. The fraction of sp³-hybridized carbons (Fsp3) is 0.250. The first-order valence-corrected chi connectivity index (χ1v) is 9.66. The van der Waals surface area contributed by atoms with Crippen LogP contribution in [0.4, 0.5) is 26.3 Å². The number of benzene rings is 3. The van der Waals surface area contributed by atoms with Crippen molar-refractivity contribution in [1.29, 1.82) is 0 Å². The van der Waals surface area contributed by atoms with Crippen molar-refractivity contribution in [2.24, 2.45) is 0 Å². The minimum absolute atomic E-state index is 0.00247. The number of unbranched alkanes of at least 4 members (excludes halogenated alkanes) is 2. The molecule has 0 saturated heterocycles. The van der Waals surface area contributed by atoms with Crippen LogP contribution in [-0.2, 0) is 6.42 Å². The third-order valence-corrected chi connectivity index (χ3v) is 4.65. The molecule has 0 aliphatic heterocycles. The Bertz CT molecular complexity index is 1130. The lowest BCUT2D eigenvalue weighted by Crippen LogP contribution is -2.19. The molecule has 0 fully saturated rings. The van der Waals surface area contributed by atoms with Crippen LogP contribution in [0.2, 0.25) is 0 Å². The van der Waals surface area contributed by atoms with Crippen molar-refractivity contribution < 1.29 is 31.1 Å². The molecule has 3 aromatic carbocycles. The molecule has 0 unspecified atom stereocenters. The summed E-state index contributed by atoms with van der Waals surface area (Å²) in [5, 5.41) is 1.07. The third kappa shape index (κ3) is 5.72. The van der Waals surface area contributed by atoms with Crippen LogP contribution in [-0.4, -0.2) is 6.36 Å². The standard InChI is InChI=1S/C24H18F6O/c1-2-3-4-5-15-7-11-19-18(12-15)10-9-17(22(19)27)8-6-16-13-20(25)23(21(26)14-16)31-24(28,29)30/h7,9-14H,2-5H2,1H3. The van der Waals surface area contributed by atoms with E-state index in [9.17, 15) is 26.3 Å². The monoisotopic (exact) mass is 436 g/mol. The molecule has 31 heavy (non-hydrogen) atoms. The second-order valence-electron chi connectivity index (χ2n) is 7.01. The highest BCUT2D eigenvalue weighted by molar-refractivity contribution is 5.85. The summed E-state index contributed by atoms with van der Waals surface area (Å²) in [4.78, 5) is 0. The Hall–Kier alpha value is -3.14. The highest BCUT2D eigenvalue weighted by atomic mass is 19.4. The molecule has 3 rings (SSSR count). The van der Waals surface area contributed by atoms with Crippen LogP contribution in [0.15, 0.2) is 42.5 Å². The Morgan fingerprint density at radius 3 is 2.23 bits per heavy atom. The molecule has 0 aromatic heterocycles. The van der Waals surface area contributed by atoms with Gasteiger partial charge in [0, 0.05) is 10.9 Å². The van der Waals surface area contributed by atoms with Crippen molar-refractivity contribution in [2.75, 3.05) is 0 Å². The van der Waals surface area contributed by atoms with Gasteiger partial charge in [-0.25, -0.2) is 13.2 Å². The van der Waals surface area contributed by atoms with Crippen molar-refractivity contribution in [2.45, 2.75) is 39.0 Å². The zero-order chi connectivity index (χ0) is 22.6. The first-order valence-electron chi connectivity index (χ1n) is 9.66. The van der Waals surface area contributed by atoms with Gasteiger partial charge in [-0.3, -0.25) is 0 Å². The predicted octanol–water partition coefficient (Wildman–Crippen LogP) is 7.29. The zero-order valence-corrected chi connectivity index (χ0v) is 16.5. The molecular weight excluding hydrogens is 418 g/mol. The number of hydrogen-bond donors (Lipinski definition) is 0. The molecule has 0 spiro atoms. The molecule has 0 amide bonds. The van der Waals surface area contributed by atoms with E-state index < -0.39 is 29.6 Å². The highest BCUT2D eigenvalue weighted by Gasteiger charge is 2.34. The SMILES string of the molecule is CCCCCc1ccc2c(F)c(C#Cc3cc(F)c(OC(F)(F)F)c(F)c3)ccc2c1. The molecule has 0 saturated carbocycles. The van der Waals surface area contributed by atoms with Crippen molar-refractivity contribution in [1.82, 2.24) is 0 Å². The molecule has 0 aliphatic carbocycles. The minimum Gasteiger partial charge on any atom is -0.399 e. The number of hydrogen-bond acceptors (Lipinski definition) is 1. The molecule has 3 aromatic rings. The van der Waals surface area contributed by atoms with Gasteiger partial charge < -0.3 is 4.74 Å². The van der Waals surface area contributed by atoms with Crippen molar-refractivity contribution >= 4 is 10.8 Å². The van der Waals surface area contributed by atoms with E-state index in [0.29, 0.717) is 22.9 Å². The van der Waals surface area contributed by atoms with Gasteiger partial charge in [-0.05, 0) is 42.0 Å². The average Bonchev–Trinajstić information content (AvgIpc) is 2.70. The third-order valence-electron chi connectivity index (χ3n) is 4.65. The number of alkyl halides is 3. The number of aryl methyl sites for hydroxylation is 1.